The van der Waals surface area contributed by atoms with Crippen LogP contribution in [0, 0.1) is 5.92 Å². The van der Waals surface area contributed by atoms with Crippen LogP contribution in [0.5, 0.6) is 0 Å². The molecule has 2 aromatic carbocycles. The van der Waals surface area contributed by atoms with Gasteiger partial charge in [0.15, 0.2) is 0 Å². The number of rotatable bonds is 5. The third-order valence-electron chi connectivity index (χ3n) is 6.85. The molecule has 0 aliphatic carbocycles. The van der Waals surface area contributed by atoms with Crippen LogP contribution < -0.4 is 10.9 Å². The molecule has 0 radical (unpaired) electrons. The van der Waals surface area contributed by atoms with Gasteiger partial charge in [-0.3, -0.25) is 9.59 Å². The molecule has 0 unspecified atom stereocenters. The molecule has 1 fully saturated rings. The lowest BCUT2D eigenvalue weighted by molar-refractivity contribution is -0.137. The molecule has 2 atom stereocenters. The number of sulfonamides is 1. The fraction of sp³-hybridized carbons (Fsp3) is 0.308. The van der Waals surface area contributed by atoms with Crippen molar-refractivity contribution in [1.29, 1.82) is 0 Å². The summed E-state index contributed by atoms with van der Waals surface area (Å²) in [5.74, 6) is -0.812. The first-order chi connectivity index (χ1) is 17.5. The van der Waals surface area contributed by atoms with Gasteiger partial charge in [-0.2, -0.15) is 17.5 Å². The van der Waals surface area contributed by atoms with Gasteiger partial charge in [0.1, 0.15) is 5.69 Å². The Morgan fingerprint density at radius 3 is 2.46 bits per heavy atom. The minimum Gasteiger partial charge on any atom is -0.321 e. The first kappa shape index (κ1) is 25.2. The summed E-state index contributed by atoms with van der Waals surface area (Å²) in [6.45, 7) is 0.390. The second-order valence-corrected chi connectivity index (χ2v) is 11.4. The molecule has 11 heteroatoms. The second-order valence-electron chi connectivity index (χ2n) is 9.44. The van der Waals surface area contributed by atoms with E-state index in [9.17, 15) is 31.2 Å². The van der Waals surface area contributed by atoms with Gasteiger partial charge in [0, 0.05) is 31.2 Å². The first-order valence-corrected chi connectivity index (χ1v) is 13.2. The van der Waals surface area contributed by atoms with E-state index in [1.807, 2.05) is 30.3 Å². The standard InChI is InChI=1S/C26H24F3N3O4S/c27-26(28,29)20-7-4-8-21(13-20)37(35,36)31-14-18-11-19(16-31)23-10-9-22(25(34)32(23)15-18)30-24(33)12-17-5-2-1-3-6-17/h1-10,13,18-19H,11-12,14-16H2,(H,30,33)/t18-,19+/m0/s1. The first-order valence-electron chi connectivity index (χ1n) is 11.8. The van der Waals surface area contributed by atoms with E-state index >= 15 is 0 Å². The van der Waals surface area contributed by atoms with Crippen molar-refractivity contribution in [2.45, 2.75) is 36.4 Å². The largest absolute Gasteiger partial charge is 0.416 e. The van der Waals surface area contributed by atoms with E-state index in [2.05, 4.69) is 5.32 Å². The molecule has 2 bridgehead atoms. The molecule has 7 nitrogen and oxygen atoms in total. The van der Waals surface area contributed by atoms with Crippen LogP contribution in [0.25, 0.3) is 0 Å². The van der Waals surface area contributed by atoms with Crippen molar-refractivity contribution in [3.05, 3.63) is 93.9 Å². The third kappa shape index (κ3) is 5.05. The Labute approximate surface area is 211 Å². The Balaban J connectivity index is 1.36. The summed E-state index contributed by atoms with van der Waals surface area (Å²) in [5.41, 5.74) is 0.228. The van der Waals surface area contributed by atoms with Crippen molar-refractivity contribution < 1.29 is 26.4 Å². The predicted molar refractivity (Wildman–Crippen MR) is 131 cm³/mol. The Kier molecular flexibility index (Phi) is 6.45. The molecule has 1 saturated heterocycles. The number of aromatic nitrogens is 1. The number of fused-ring (bicyclic) bond motifs is 4. The number of alkyl halides is 3. The fourth-order valence-corrected chi connectivity index (χ4v) is 6.76. The van der Waals surface area contributed by atoms with Crippen LogP contribution in [0.1, 0.15) is 29.2 Å². The molecule has 3 heterocycles. The fourth-order valence-electron chi connectivity index (χ4n) is 5.15. The van der Waals surface area contributed by atoms with Crippen LogP contribution in [-0.2, 0) is 34.0 Å². The number of carbonyl (C=O) groups excluding carboxylic acids is 1. The molecule has 3 aromatic rings. The molecule has 2 aliphatic rings. The Morgan fingerprint density at radius 2 is 1.73 bits per heavy atom. The summed E-state index contributed by atoms with van der Waals surface area (Å²) in [4.78, 5) is 25.2. The zero-order valence-electron chi connectivity index (χ0n) is 19.6. The van der Waals surface area contributed by atoms with Gasteiger partial charge in [-0.05, 0) is 48.2 Å². The maximum atomic E-state index is 13.2. The normalized spacial score (nSPS) is 19.8. The second kappa shape index (κ2) is 9.46. The summed E-state index contributed by atoms with van der Waals surface area (Å²) < 4.78 is 68.7. The number of nitrogens with zero attached hydrogens (tertiary/aromatic N) is 2. The molecule has 0 saturated carbocycles. The van der Waals surface area contributed by atoms with Crippen molar-refractivity contribution in [1.82, 2.24) is 8.87 Å². The van der Waals surface area contributed by atoms with Gasteiger partial charge in [-0.25, -0.2) is 8.42 Å². The van der Waals surface area contributed by atoms with Crippen molar-refractivity contribution in [3.63, 3.8) is 0 Å². The summed E-state index contributed by atoms with van der Waals surface area (Å²) in [7, 11) is -4.16. The maximum Gasteiger partial charge on any atom is 0.416 e. The molecule has 1 amide bonds. The van der Waals surface area contributed by atoms with Gasteiger partial charge in [0.2, 0.25) is 15.9 Å². The Bertz CT molecular complexity index is 1500. The van der Waals surface area contributed by atoms with Gasteiger partial charge in [0.05, 0.1) is 16.9 Å². The lowest BCUT2D eigenvalue weighted by Crippen LogP contribution is -2.49. The lowest BCUT2D eigenvalue weighted by atomic mass is 9.84. The molecule has 37 heavy (non-hydrogen) atoms. The Morgan fingerprint density at radius 1 is 0.973 bits per heavy atom. The highest BCUT2D eigenvalue weighted by Crippen LogP contribution is 2.38. The number of carbonyl (C=O) groups is 1. The average Bonchev–Trinajstić information content (AvgIpc) is 2.86. The zero-order chi connectivity index (χ0) is 26.4. The van der Waals surface area contributed by atoms with Gasteiger partial charge in [0.25, 0.3) is 5.56 Å². The molecule has 194 valence electrons. The highest BCUT2D eigenvalue weighted by atomic mass is 32.2. The molecule has 0 spiro atoms. The van der Waals surface area contributed by atoms with Crippen LogP contribution in [0.3, 0.4) is 0 Å². The number of hydrogen-bond donors (Lipinski definition) is 1. The van der Waals surface area contributed by atoms with Crippen LogP contribution in [0.4, 0.5) is 18.9 Å². The Hall–Kier alpha value is -3.44. The monoisotopic (exact) mass is 531 g/mol. The van der Waals surface area contributed by atoms with Gasteiger partial charge < -0.3 is 9.88 Å². The van der Waals surface area contributed by atoms with Crippen LogP contribution >= 0.6 is 0 Å². The molecular formula is C26H24F3N3O4S. The van der Waals surface area contributed by atoms with Gasteiger partial charge in [-0.1, -0.05) is 36.4 Å². The number of amides is 1. The third-order valence-corrected chi connectivity index (χ3v) is 8.68. The van der Waals surface area contributed by atoms with E-state index in [1.54, 1.807) is 10.6 Å². The number of benzene rings is 2. The lowest BCUT2D eigenvalue weighted by Gasteiger charge is -2.42. The summed E-state index contributed by atoms with van der Waals surface area (Å²) >= 11 is 0. The van der Waals surface area contributed by atoms with E-state index in [0.717, 1.165) is 23.8 Å². The SMILES string of the molecule is O=C(Cc1ccccc1)Nc1ccc2n(c1=O)C[C@H]1C[C@@H]2CN(S(=O)(=O)c2cccc(C(F)(F)F)c2)C1. The van der Waals surface area contributed by atoms with Crippen LogP contribution in [0.15, 0.2) is 76.4 Å². The highest BCUT2D eigenvalue weighted by molar-refractivity contribution is 7.89. The molecular weight excluding hydrogens is 507 g/mol. The van der Waals surface area contributed by atoms with E-state index in [-0.39, 0.29) is 55.0 Å². The van der Waals surface area contributed by atoms with Crippen molar-refractivity contribution in [2.75, 3.05) is 18.4 Å². The summed E-state index contributed by atoms with van der Waals surface area (Å²) in [6.07, 6.45) is -3.87. The van der Waals surface area contributed by atoms with Crippen molar-refractivity contribution in [2.24, 2.45) is 5.92 Å². The summed E-state index contributed by atoms with van der Waals surface area (Å²) in [5, 5.41) is 2.68. The van der Waals surface area contributed by atoms with Crippen LogP contribution in [0.2, 0.25) is 0 Å². The van der Waals surface area contributed by atoms with Crippen LogP contribution in [-0.4, -0.2) is 36.3 Å². The molecule has 5 rings (SSSR count). The van der Waals surface area contributed by atoms with Gasteiger partial charge >= 0.3 is 6.18 Å². The minimum absolute atomic E-state index is 0.0498. The quantitative estimate of drug-likeness (QED) is 0.542. The minimum atomic E-state index is -4.65. The summed E-state index contributed by atoms with van der Waals surface area (Å²) in [6, 6.07) is 16.1. The topological polar surface area (TPSA) is 88.5 Å². The molecule has 2 aliphatic heterocycles. The zero-order valence-corrected chi connectivity index (χ0v) is 20.4. The number of nitrogens with one attached hydrogen (secondary N) is 1. The molecule has 1 aromatic heterocycles. The van der Waals surface area contributed by atoms with Crippen molar-refractivity contribution in [3.8, 4) is 0 Å². The number of anilines is 1. The highest BCUT2D eigenvalue weighted by Gasteiger charge is 2.40. The number of hydrogen-bond acceptors (Lipinski definition) is 4. The number of halogens is 3. The average molecular weight is 532 g/mol. The van der Waals surface area contributed by atoms with E-state index in [4.69, 9.17) is 0 Å². The van der Waals surface area contributed by atoms with Crippen molar-refractivity contribution >= 4 is 21.6 Å². The van der Waals surface area contributed by atoms with E-state index < -0.39 is 26.7 Å². The smallest absolute Gasteiger partial charge is 0.321 e. The number of piperidine rings is 1. The van der Waals surface area contributed by atoms with Gasteiger partial charge in [-0.15, -0.1) is 0 Å². The van der Waals surface area contributed by atoms with E-state index in [0.29, 0.717) is 18.2 Å². The predicted octanol–water partition coefficient (Wildman–Crippen LogP) is 3.86. The maximum absolute atomic E-state index is 13.2. The molecule has 1 N–H and O–H groups in total. The number of pyridine rings is 1. The van der Waals surface area contributed by atoms with E-state index in [1.165, 1.54) is 10.4 Å².